The molecule has 0 bridgehead atoms. The van der Waals surface area contributed by atoms with Crippen LogP contribution in [0, 0.1) is 5.92 Å². The Labute approximate surface area is 120 Å². The van der Waals surface area contributed by atoms with Crippen molar-refractivity contribution in [1.82, 2.24) is 0 Å². The van der Waals surface area contributed by atoms with E-state index in [-0.39, 0.29) is 6.10 Å². The Morgan fingerprint density at radius 1 is 0.950 bits per heavy atom. The van der Waals surface area contributed by atoms with Crippen LogP contribution in [0.2, 0.25) is 0 Å². The van der Waals surface area contributed by atoms with Gasteiger partial charge in [0.15, 0.2) is 0 Å². The fourth-order valence-electron chi connectivity index (χ4n) is 2.70. The summed E-state index contributed by atoms with van der Waals surface area (Å²) in [5.74, 6) is 0.517. The third-order valence-corrected chi connectivity index (χ3v) is 4.03. The SMILES string of the molecule is COC(C1CC1)C(O)c1ccc(-c2ccccc2)cc1. The zero-order chi connectivity index (χ0) is 13.9. The second-order valence-corrected chi connectivity index (χ2v) is 5.47. The van der Waals surface area contributed by atoms with Gasteiger partial charge in [-0.1, -0.05) is 54.6 Å². The summed E-state index contributed by atoms with van der Waals surface area (Å²) in [6.07, 6.45) is 1.73. The molecule has 1 aliphatic rings. The van der Waals surface area contributed by atoms with E-state index in [1.54, 1.807) is 7.11 Å². The first-order valence-corrected chi connectivity index (χ1v) is 7.16. The highest BCUT2D eigenvalue weighted by molar-refractivity contribution is 5.63. The molecule has 20 heavy (non-hydrogen) atoms. The molecule has 2 unspecified atom stereocenters. The minimum atomic E-state index is -0.530. The first-order valence-electron chi connectivity index (χ1n) is 7.16. The first kappa shape index (κ1) is 13.3. The van der Waals surface area contributed by atoms with Gasteiger partial charge in [-0.2, -0.15) is 0 Å². The third-order valence-electron chi connectivity index (χ3n) is 4.03. The Balaban J connectivity index is 1.79. The Morgan fingerprint density at radius 2 is 1.55 bits per heavy atom. The molecular weight excluding hydrogens is 248 g/mol. The van der Waals surface area contributed by atoms with Crippen LogP contribution in [0.15, 0.2) is 54.6 Å². The minimum absolute atomic E-state index is 0.0717. The molecular formula is C18H20O2. The maximum absolute atomic E-state index is 10.4. The van der Waals surface area contributed by atoms with Crippen molar-refractivity contribution in [2.24, 2.45) is 5.92 Å². The summed E-state index contributed by atoms with van der Waals surface area (Å²) >= 11 is 0. The van der Waals surface area contributed by atoms with Crippen LogP contribution in [0.3, 0.4) is 0 Å². The van der Waals surface area contributed by atoms with Gasteiger partial charge in [-0.25, -0.2) is 0 Å². The monoisotopic (exact) mass is 268 g/mol. The van der Waals surface area contributed by atoms with Crippen molar-refractivity contribution in [3.05, 3.63) is 60.2 Å². The van der Waals surface area contributed by atoms with Gasteiger partial charge in [-0.3, -0.25) is 0 Å². The molecule has 0 spiro atoms. The van der Waals surface area contributed by atoms with Crippen molar-refractivity contribution in [2.45, 2.75) is 25.0 Å². The third kappa shape index (κ3) is 2.77. The van der Waals surface area contributed by atoms with Crippen LogP contribution in [0.25, 0.3) is 11.1 Å². The van der Waals surface area contributed by atoms with Crippen molar-refractivity contribution in [3.63, 3.8) is 0 Å². The Kier molecular flexibility index (Phi) is 3.86. The molecule has 104 valence electrons. The van der Waals surface area contributed by atoms with Crippen molar-refractivity contribution in [1.29, 1.82) is 0 Å². The van der Waals surface area contributed by atoms with Gasteiger partial charge in [-0.15, -0.1) is 0 Å². The molecule has 0 aliphatic heterocycles. The Bertz CT molecular complexity index is 543. The summed E-state index contributed by atoms with van der Waals surface area (Å²) in [4.78, 5) is 0. The molecule has 1 N–H and O–H groups in total. The first-order chi connectivity index (χ1) is 9.79. The van der Waals surface area contributed by atoms with Crippen molar-refractivity contribution in [3.8, 4) is 11.1 Å². The number of ether oxygens (including phenoxy) is 1. The van der Waals surface area contributed by atoms with E-state index in [1.165, 1.54) is 11.1 Å². The maximum atomic E-state index is 10.4. The molecule has 0 heterocycles. The Morgan fingerprint density at radius 3 is 2.10 bits per heavy atom. The molecule has 3 rings (SSSR count). The summed E-state index contributed by atoms with van der Waals surface area (Å²) < 4.78 is 5.46. The molecule has 0 radical (unpaired) electrons. The summed E-state index contributed by atoms with van der Waals surface area (Å²) in [6.45, 7) is 0. The highest BCUT2D eigenvalue weighted by atomic mass is 16.5. The average molecular weight is 268 g/mol. The zero-order valence-electron chi connectivity index (χ0n) is 11.7. The summed E-state index contributed by atoms with van der Waals surface area (Å²) in [5, 5.41) is 10.4. The van der Waals surface area contributed by atoms with Crippen LogP contribution < -0.4 is 0 Å². The quantitative estimate of drug-likeness (QED) is 0.893. The molecule has 1 fully saturated rings. The van der Waals surface area contributed by atoms with Gasteiger partial charge in [-0.05, 0) is 35.4 Å². The fourth-order valence-corrected chi connectivity index (χ4v) is 2.70. The van der Waals surface area contributed by atoms with Crippen LogP contribution in [0.4, 0.5) is 0 Å². The number of aliphatic hydroxyl groups excluding tert-OH is 1. The predicted molar refractivity (Wildman–Crippen MR) is 80.4 cm³/mol. The van der Waals surface area contributed by atoms with E-state index in [4.69, 9.17) is 4.74 Å². The lowest BCUT2D eigenvalue weighted by Crippen LogP contribution is -2.22. The van der Waals surface area contributed by atoms with Gasteiger partial charge in [0.05, 0.1) is 6.10 Å². The molecule has 2 aromatic carbocycles. The number of hydrogen-bond donors (Lipinski definition) is 1. The molecule has 2 aromatic rings. The standard InChI is InChI=1S/C18H20O2/c1-20-18(16-11-12-16)17(19)15-9-7-14(8-10-15)13-5-3-2-4-6-13/h2-10,16-19H,11-12H2,1H3. The van der Waals surface area contributed by atoms with Crippen LogP contribution in [-0.4, -0.2) is 18.3 Å². The largest absolute Gasteiger partial charge is 0.386 e. The lowest BCUT2D eigenvalue weighted by Gasteiger charge is -2.21. The molecule has 2 heteroatoms. The number of hydrogen-bond acceptors (Lipinski definition) is 2. The summed E-state index contributed by atoms with van der Waals surface area (Å²) in [7, 11) is 1.69. The number of rotatable bonds is 5. The van der Waals surface area contributed by atoms with Crippen LogP contribution >= 0.6 is 0 Å². The van der Waals surface area contributed by atoms with Gasteiger partial charge in [0.2, 0.25) is 0 Å². The van der Waals surface area contributed by atoms with Gasteiger partial charge < -0.3 is 9.84 Å². The lowest BCUT2D eigenvalue weighted by atomic mass is 9.98. The zero-order valence-corrected chi connectivity index (χ0v) is 11.7. The fraction of sp³-hybridized carbons (Fsp3) is 0.333. The average Bonchev–Trinajstić information content (AvgIpc) is 3.34. The molecule has 2 nitrogen and oxygen atoms in total. The van der Waals surface area contributed by atoms with E-state index in [1.807, 2.05) is 30.3 Å². The number of aliphatic hydroxyl groups is 1. The smallest absolute Gasteiger partial charge is 0.105 e. The normalized spacial score (nSPS) is 17.7. The van der Waals surface area contributed by atoms with E-state index in [2.05, 4.69) is 24.3 Å². The van der Waals surface area contributed by atoms with Gasteiger partial charge in [0.1, 0.15) is 6.10 Å². The van der Waals surface area contributed by atoms with Crippen LogP contribution in [-0.2, 0) is 4.74 Å². The van der Waals surface area contributed by atoms with Crippen LogP contribution in [0.5, 0.6) is 0 Å². The predicted octanol–water partition coefficient (Wildman–Crippen LogP) is 3.81. The van der Waals surface area contributed by atoms with E-state index < -0.39 is 6.10 Å². The number of benzene rings is 2. The second-order valence-electron chi connectivity index (χ2n) is 5.47. The highest BCUT2D eigenvalue weighted by Gasteiger charge is 2.36. The highest BCUT2D eigenvalue weighted by Crippen LogP contribution is 2.39. The van der Waals surface area contributed by atoms with Crippen molar-refractivity contribution in [2.75, 3.05) is 7.11 Å². The molecule has 2 atom stereocenters. The van der Waals surface area contributed by atoms with E-state index in [9.17, 15) is 5.11 Å². The van der Waals surface area contributed by atoms with Crippen molar-refractivity contribution >= 4 is 0 Å². The summed E-state index contributed by atoms with van der Waals surface area (Å²) in [5.41, 5.74) is 3.30. The second kappa shape index (κ2) is 5.78. The van der Waals surface area contributed by atoms with Crippen LogP contribution in [0.1, 0.15) is 24.5 Å². The topological polar surface area (TPSA) is 29.5 Å². The number of methoxy groups -OCH3 is 1. The Hall–Kier alpha value is -1.64. The van der Waals surface area contributed by atoms with Crippen molar-refractivity contribution < 1.29 is 9.84 Å². The molecule has 0 amide bonds. The molecule has 1 aliphatic carbocycles. The molecule has 0 saturated heterocycles. The maximum Gasteiger partial charge on any atom is 0.105 e. The lowest BCUT2D eigenvalue weighted by molar-refractivity contribution is -0.0259. The van der Waals surface area contributed by atoms with Gasteiger partial charge in [0.25, 0.3) is 0 Å². The van der Waals surface area contributed by atoms with E-state index in [0.29, 0.717) is 5.92 Å². The van der Waals surface area contributed by atoms with Gasteiger partial charge >= 0.3 is 0 Å². The van der Waals surface area contributed by atoms with E-state index in [0.717, 1.165) is 18.4 Å². The van der Waals surface area contributed by atoms with Gasteiger partial charge in [0, 0.05) is 7.11 Å². The minimum Gasteiger partial charge on any atom is -0.386 e. The van der Waals surface area contributed by atoms with E-state index >= 15 is 0 Å². The summed E-state index contributed by atoms with van der Waals surface area (Å²) in [6, 6.07) is 18.4. The molecule has 0 aromatic heterocycles. The molecule has 1 saturated carbocycles.